The second-order valence-corrected chi connectivity index (χ2v) is 20.6. The van der Waals surface area contributed by atoms with Crippen LogP contribution in [-0.4, -0.2) is 105 Å². The zero-order valence-electron chi connectivity index (χ0n) is 39.1. The highest BCUT2D eigenvalue weighted by atomic mass is 19.3. The van der Waals surface area contributed by atoms with Crippen LogP contribution in [0.25, 0.3) is 33.6 Å². The van der Waals surface area contributed by atoms with Crippen LogP contribution in [0.2, 0.25) is 0 Å². The van der Waals surface area contributed by atoms with Gasteiger partial charge in [-0.1, -0.05) is 52.0 Å². The number of imidazole rings is 2. The molecule has 18 heteroatoms. The van der Waals surface area contributed by atoms with Crippen LogP contribution in [0.1, 0.15) is 149 Å². The molecule has 14 nitrogen and oxygen atoms in total. The number of aromatic amines is 2. The molecule has 4 N–H and O–H groups in total. The average molecular weight is 943 g/mol. The molecule has 4 amide bonds. The van der Waals surface area contributed by atoms with E-state index in [0.717, 1.165) is 59.5 Å². The van der Waals surface area contributed by atoms with Crippen LogP contribution < -0.4 is 10.6 Å². The van der Waals surface area contributed by atoms with Crippen LogP contribution in [-0.2, 0) is 19.1 Å². The van der Waals surface area contributed by atoms with Gasteiger partial charge in [-0.15, -0.1) is 0 Å². The molecule has 0 spiro atoms. The number of alkyl halides is 4. The molecule has 2 saturated carbocycles. The quantitative estimate of drug-likeness (QED) is 0.108. The van der Waals surface area contributed by atoms with Gasteiger partial charge in [0, 0.05) is 24.0 Å². The predicted octanol–water partition coefficient (Wildman–Crippen LogP) is 9.44. The third-order valence-corrected chi connectivity index (χ3v) is 15.7. The topological polar surface area (TPSA) is 175 Å². The smallest absolute Gasteiger partial charge is 0.407 e. The van der Waals surface area contributed by atoms with Gasteiger partial charge in [0.05, 0.1) is 63.2 Å². The van der Waals surface area contributed by atoms with Gasteiger partial charge in [-0.3, -0.25) is 9.59 Å². The molecular weight excluding hydrogens is 885 g/mol. The van der Waals surface area contributed by atoms with Crippen molar-refractivity contribution >= 4 is 24.0 Å². The second kappa shape index (κ2) is 16.9. The first-order chi connectivity index (χ1) is 32.4. The van der Waals surface area contributed by atoms with E-state index in [4.69, 9.17) is 9.47 Å². The van der Waals surface area contributed by atoms with E-state index in [0.29, 0.717) is 35.1 Å². The fourth-order valence-corrected chi connectivity index (χ4v) is 12.6. The number of hydrogen-bond acceptors (Lipinski definition) is 8. The van der Waals surface area contributed by atoms with E-state index in [1.165, 1.54) is 47.6 Å². The Hall–Kier alpha value is -5.94. The number of rotatable bonds is 11. The number of likely N-dealkylation sites (tertiary alicyclic amines) is 2. The molecule has 4 bridgehead atoms. The molecule has 4 aromatic rings. The minimum atomic E-state index is -3.16. The molecule has 362 valence electrons. The lowest BCUT2D eigenvalue weighted by Gasteiger charge is -2.29. The Morgan fingerprint density at radius 3 is 1.28 bits per heavy atom. The van der Waals surface area contributed by atoms with Gasteiger partial charge in [0.1, 0.15) is 23.7 Å². The summed E-state index contributed by atoms with van der Waals surface area (Å²) in [6, 6.07) is 4.37. The number of methoxy groups -OCH3 is 2. The first kappa shape index (κ1) is 45.8. The SMILES string of the molecule is COC(=O)N[C@H](C(=O)N1CC(F)(F)C[C@H]1c1ncc(-c2ccc(-c3ccc(-c4cnc([C@@H]5CC(F)(F)CN5C(=O)[C@@H](NC(=O)OC)C(C)C)[nH]4)c4c3C3CCC4C3)c3c2C2CCC3C2)[nH]1)C(C)C. The first-order valence-electron chi connectivity index (χ1n) is 23.9. The minimum Gasteiger partial charge on any atom is -0.453 e. The number of fused-ring (bicyclic) bond motifs is 10. The monoisotopic (exact) mass is 942 g/mol. The summed E-state index contributed by atoms with van der Waals surface area (Å²) in [6.07, 6.45) is 6.73. The van der Waals surface area contributed by atoms with Crippen molar-refractivity contribution in [2.45, 2.75) is 139 Å². The summed E-state index contributed by atoms with van der Waals surface area (Å²) in [5.41, 5.74) is 10.8. The second-order valence-electron chi connectivity index (χ2n) is 20.6. The molecule has 68 heavy (non-hydrogen) atoms. The number of halogens is 4. The minimum absolute atomic E-state index is 0.259. The van der Waals surface area contributed by atoms with Crippen molar-refractivity contribution in [3.05, 3.63) is 70.6 Å². The highest BCUT2D eigenvalue weighted by Gasteiger charge is 2.52. The van der Waals surface area contributed by atoms with E-state index in [1.807, 2.05) is 0 Å². The van der Waals surface area contributed by atoms with Crippen molar-refractivity contribution < 1.29 is 46.2 Å². The zero-order chi connectivity index (χ0) is 48.1. The number of aromatic nitrogens is 4. The Kier molecular flexibility index (Phi) is 11.4. The van der Waals surface area contributed by atoms with E-state index in [9.17, 15) is 19.2 Å². The lowest BCUT2D eigenvalue weighted by atomic mass is 9.78. The Balaban J connectivity index is 0.976. The van der Waals surface area contributed by atoms with Gasteiger partial charge in [0.25, 0.3) is 11.8 Å². The van der Waals surface area contributed by atoms with Crippen molar-refractivity contribution in [3.8, 4) is 33.6 Å². The first-order valence-corrected chi connectivity index (χ1v) is 23.9. The highest BCUT2D eigenvalue weighted by Crippen LogP contribution is 2.62. The van der Waals surface area contributed by atoms with Crippen LogP contribution in [0.3, 0.4) is 0 Å². The number of nitrogens with one attached hydrogen (secondary N) is 4. The highest BCUT2D eigenvalue weighted by molar-refractivity contribution is 5.88. The van der Waals surface area contributed by atoms with Gasteiger partial charge in [-0.25, -0.2) is 37.1 Å². The lowest BCUT2D eigenvalue weighted by Crippen LogP contribution is -2.51. The molecule has 4 heterocycles. The molecule has 2 aromatic carbocycles. The van der Waals surface area contributed by atoms with Gasteiger partial charge in [0.15, 0.2) is 0 Å². The summed E-state index contributed by atoms with van der Waals surface area (Å²) in [7, 11) is 2.36. The molecule has 2 saturated heterocycles. The molecule has 4 unspecified atom stereocenters. The average Bonchev–Trinajstić information content (AvgIpc) is 4.17. The fraction of sp³-hybridized carbons (Fsp3) is 0.560. The summed E-state index contributed by atoms with van der Waals surface area (Å²) in [5.74, 6) is -6.50. The third-order valence-electron chi connectivity index (χ3n) is 15.7. The standard InChI is InChI=1S/C50H58F4N8O6/c1-23(2)41(59-47(65)67-5)45(63)61-21-49(51,52)17-35(61)43-55-19-33(57-43)31-13-11-29(37-25-7-9-27(15-25)39(31)37)30-12-14-32(40-28-10-8-26(16-28)38(30)40)34-20-56-44(58-34)36-18-50(53,54)22-62(36)46(64)42(24(3)4)60-48(66)68-6/h11-14,19-20,23-28,35-36,41-42H,7-10,15-18,21-22H2,1-6H3,(H,55,57)(H,56,58)(H,59,65)(H,60,66)/t25?,26?,27?,28?,35-,36-,41-,42-/m0/s1. The Labute approximate surface area is 391 Å². The van der Waals surface area contributed by atoms with Crippen molar-refractivity contribution in [1.29, 1.82) is 0 Å². The summed E-state index contributed by atoms with van der Waals surface area (Å²) < 4.78 is 70.2. The van der Waals surface area contributed by atoms with Crippen molar-refractivity contribution in [3.63, 3.8) is 0 Å². The van der Waals surface area contributed by atoms with E-state index >= 15 is 17.6 Å². The summed E-state index contributed by atoms with van der Waals surface area (Å²) >= 11 is 0. The number of ether oxygens (including phenoxy) is 2. The summed E-state index contributed by atoms with van der Waals surface area (Å²) in [6.45, 7) is 5.33. The molecule has 10 rings (SSSR count). The maximum absolute atomic E-state index is 15.2. The fourth-order valence-electron chi connectivity index (χ4n) is 12.6. The number of nitrogens with zero attached hydrogens (tertiary/aromatic N) is 4. The number of carbonyl (C=O) groups excluding carboxylic acids is 4. The zero-order valence-corrected chi connectivity index (χ0v) is 39.1. The Bertz CT molecular complexity index is 2500. The molecule has 4 fully saturated rings. The maximum Gasteiger partial charge on any atom is 0.407 e. The molecule has 8 atom stereocenters. The number of amides is 4. The Morgan fingerprint density at radius 1 is 0.603 bits per heavy atom. The van der Waals surface area contributed by atoms with Crippen molar-refractivity contribution in [2.75, 3.05) is 27.3 Å². The van der Waals surface area contributed by atoms with Gasteiger partial charge >= 0.3 is 12.2 Å². The van der Waals surface area contributed by atoms with Crippen LogP contribution in [0, 0.1) is 11.8 Å². The number of hydrogen-bond donors (Lipinski definition) is 4. The number of benzene rings is 2. The molecule has 0 radical (unpaired) electrons. The van der Waals surface area contributed by atoms with E-state index in [1.54, 1.807) is 40.1 Å². The van der Waals surface area contributed by atoms with Crippen LogP contribution >= 0.6 is 0 Å². The summed E-state index contributed by atoms with van der Waals surface area (Å²) in [5, 5.41) is 5.04. The Morgan fingerprint density at radius 2 is 0.941 bits per heavy atom. The largest absolute Gasteiger partial charge is 0.453 e. The van der Waals surface area contributed by atoms with Crippen molar-refractivity contribution in [2.24, 2.45) is 11.8 Å². The molecule has 4 aliphatic carbocycles. The van der Waals surface area contributed by atoms with Crippen LogP contribution in [0.15, 0.2) is 36.7 Å². The lowest BCUT2D eigenvalue weighted by molar-refractivity contribution is -0.137. The van der Waals surface area contributed by atoms with Crippen LogP contribution in [0.4, 0.5) is 27.2 Å². The molecule has 2 aliphatic heterocycles. The predicted molar refractivity (Wildman–Crippen MR) is 242 cm³/mol. The number of carbonyl (C=O) groups is 4. The van der Waals surface area contributed by atoms with E-state index in [2.05, 4.69) is 54.8 Å². The van der Waals surface area contributed by atoms with E-state index in [-0.39, 0.29) is 23.5 Å². The summed E-state index contributed by atoms with van der Waals surface area (Å²) in [4.78, 5) is 70.2. The molecule has 6 aliphatic rings. The third kappa shape index (κ3) is 7.78. The molecule has 2 aromatic heterocycles. The van der Waals surface area contributed by atoms with Crippen molar-refractivity contribution in [1.82, 2.24) is 40.4 Å². The van der Waals surface area contributed by atoms with Crippen LogP contribution in [0.5, 0.6) is 0 Å². The van der Waals surface area contributed by atoms with Gasteiger partial charge in [0.2, 0.25) is 11.8 Å². The maximum atomic E-state index is 15.2. The molecular formula is C50H58F4N8O6. The number of H-pyrrole nitrogens is 2. The van der Waals surface area contributed by atoms with Gasteiger partial charge in [-0.05, 0) is 107 Å². The van der Waals surface area contributed by atoms with E-state index < -0.39 is 85.9 Å². The van der Waals surface area contributed by atoms with Gasteiger partial charge < -0.3 is 39.9 Å². The number of alkyl carbamates (subject to hydrolysis) is 2. The normalized spacial score (nSPS) is 25.8. The van der Waals surface area contributed by atoms with Gasteiger partial charge in [-0.2, -0.15) is 0 Å².